The van der Waals surface area contributed by atoms with Crippen molar-refractivity contribution in [3.8, 4) is 0 Å². The Bertz CT molecular complexity index is 302. The number of nitrogens with two attached hydrogens (primary N) is 1. The first-order valence-corrected chi connectivity index (χ1v) is 5.84. The van der Waals surface area contributed by atoms with Crippen LogP contribution < -0.4 is 11.3 Å². The molecule has 0 bridgehead atoms. The summed E-state index contributed by atoms with van der Waals surface area (Å²) in [5.74, 6) is 5.46. The first-order valence-electron chi connectivity index (χ1n) is 4.67. The summed E-state index contributed by atoms with van der Waals surface area (Å²) in [5, 5.41) is 0.677. The van der Waals surface area contributed by atoms with Gasteiger partial charge in [0.15, 0.2) is 0 Å². The Balaban J connectivity index is 2.81. The molecule has 3 N–H and O–H groups in total. The molecule has 1 atom stereocenters. The summed E-state index contributed by atoms with van der Waals surface area (Å²) < 4.78 is 6.25. The van der Waals surface area contributed by atoms with Crippen molar-refractivity contribution in [3.63, 3.8) is 0 Å². The molecule has 0 aliphatic heterocycles. The van der Waals surface area contributed by atoms with E-state index in [-0.39, 0.29) is 6.04 Å². The number of hydrogen-bond acceptors (Lipinski definition) is 3. The van der Waals surface area contributed by atoms with E-state index in [1.165, 1.54) is 0 Å². The van der Waals surface area contributed by atoms with Crippen LogP contribution in [0.2, 0.25) is 5.02 Å². The zero-order chi connectivity index (χ0) is 11.3. The summed E-state index contributed by atoms with van der Waals surface area (Å²) in [7, 11) is 0. The lowest BCUT2D eigenvalue weighted by Gasteiger charge is -2.16. The molecule has 1 rings (SSSR count). The van der Waals surface area contributed by atoms with E-state index in [0.717, 1.165) is 10.0 Å². The van der Waals surface area contributed by atoms with Gasteiger partial charge in [-0.3, -0.25) is 11.3 Å². The standard InChI is InChI=1S/C10H14BrClN2O/c1-2-15-6-10(14-13)7-3-8(11)5-9(12)4-7/h3-5,10,14H,2,6,13H2,1H3. The molecular weight excluding hydrogens is 279 g/mol. The average Bonchev–Trinajstić information content (AvgIpc) is 2.17. The largest absolute Gasteiger partial charge is 0.380 e. The van der Waals surface area contributed by atoms with Crippen LogP contribution in [0.4, 0.5) is 0 Å². The molecule has 0 radical (unpaired) electrons. The van der Waals surface area contributed by atoms with Crippen molar-refractivity contribution in [1.82, 2.24) is 5.43 Å². The fourth-order valence-corrected chi connectivity index (χ4v) is 2.14. The van der Waals surface area contributed by atoms with Crippen molar-refractivity contribution in [2.75, 3.05) is 13.2 Å². The Morgan fingerprint density at radius 1 is 1.53 bits per heavy atom. The summed E-state index contributed by atoms with van der Waals surface area (Å²) in [5.41, 5.74) is 3.71. The van der Waals surface area contributed by atoms with E-state index in [0.29, 0.717) is 18.2 Å². The molecule has 0 heterocycles. The quantitative estimate of drug-likeness (QED) is 0.648. The van der Waals surface area contributed by atoms with Gasteiger partial charge in [-0.1, -0.05) is 27.5 Å². The average molecular weight is 294 g/mol. The SMILES string of the molecule is CCOCC(NN)c1cc(Cl)cc(Br)c1. The van der Waals surface area contributed by atoms with Gasteiger partial charge in [0.25, 0.3) is 0 Å². The molecule has 84 valence electrons. The third kappa shape index (κ3) is 4.09. The summed E-state index contributed by atoms with van der Waals surface area (Å²) >= 11 is 9.33. The molecule has 0 saturated carbocycles. The first kappa shape index (κ1) is 12.9. The van der Waals surface area contributed by atoms with Gasteiger partial charge >= 0.3 is 0 Å². The van der Waals surface area contributed by atoms with Crippen LogP contribution in [0.5, 0.6) is 0 Å². The van der Waals surface area contributed by atoms with Crippen LogP contribution in [-0.2, 0) is 4.74 Å². The molecule has 0 aliphatic rings. The van der Waals surface area contributed by atoms with Crippen LogP contribution in [0, 0.1) is 0 Å². The minimum absolute atomic E-state index is 0.0417. The van der Waals surface area contributed by atoms with Gasteiger partial charge in [-0.25, -0.2) is 0 Å². The molecule has 15 heavy (non-hydrogen) atoms. The van der Waals surface area contributed by atoms with Gasteiger partial charge in [0.2, 0.25) is 0 Å². The number of rotatable bonds is 5. The summed E-state index contributed by atoms with van der Waals surface area (Å²) in [6.07, 6.45) is 0. The first-order chi connectivity index (χ1) is 7.17. The number of benzene rings is 1. The molecule has 5 heteroatoms. The summed E-state index contributed by atoms with van der Waals surface area (Å²) in [4.78, 5) is 0. The van der Waals surface area contributed by atoms with Gasteiger partial charge in [-0.2, -0.15) is 0 Å². The van der Waals surface area contributed by atoms with Gasteiger partial charge in [0, 0.05) is 16.1 Å². The lowest BCUT2D eigenvalue weighted by molar-refractivity contribution is 0.123. The van der Waals surface area contributed by atoms with Crippen LogP contribution in [0.25, 0.3) is 0 Å². The predicted molar refractivity (Wildman–Crippen MR) is 65.7 cm³/mol. The maximum Gasteiger partial charge on any atom is 0.0694 e. The summed E-state index contributed by atoms with van der Waals surface area (Å²) in [6.45, 7) is 3.14. The van der Waals surface area contributed by atoms with Gasteiger partial charge in [0.05, 0.1) is 12.6 Å². The smallest absolute Gasteiger partial charge is 0.0694 e. The number of hydrogen-bond donors (Lipinski definition) is 2. The molecule has 1 unspecified atom stereocenters. The number of hydrazine groups is 1. The molecule has 0 aromatic heterocycles. The molecule has 1 aromatic rings. The van der Waals surface area contributed by atoms with Crippen molar-refractivity contribution in [2.24, 2.45) is 5.84 Å². The lowest BCUT2D eigenvalue weighted by Crippen LogP contribution is -2.31. The maximum atomic E-state index is 5.95. The highest BCUT2D eigenvalue weighted by Crippen LogP contribution is 2.23. The van der Waals surface area contributed by atoms with E-state index in [1.54, 1.807) is 0 Å². The Morgan fingerprint density at radius 3 is 2.80 bits per heavy atom. The van der Waals surface area contributed by atoms with E-state index in [4.69, 9.17) is 22.2 Å². The third-order valence-corrected chi connectivity index (χ3v) is 2.65. The van der Waals surface area contributed by atoms with Gasteiger partial charge in [0.1, 0.15) is 0 Å². The second-order valence-electron chi connectivity index (χ2n) is 3.08. The Morgan fingerprint density at radius 2 is 2.27 bits per heavy atom. The van der Waals surface area contributed by atoms with Crippen LogP contribution >= 0.6 is 27.5 Å². The number of nitrogens with one attached hydrogen (secondary N) is 1. The summed E-state index contributed by atoms with van der Waals surface area (Å²) in [6, 6.07) is 5.63. The molecule has 0 amide bonds. The third-order valence-electron chi connectivity index (χ3n) is 1.98. The van der Waals surface area contributed by atoms with E-state index in [9.17, 15) is 0 Å². The van der Waals surface area contributed by atoms with Crippen LogP contribution in [0.15, 0.2) is 22.7 Å². The minimum Gasteiger partial charge on any atom is -0.380 e. The van der Waals surface area contributed by atoms with Crippen molar-refractivity contribution < 1.29 is 4.74 Å². The van der Waals surface area contributed by atoms with Crippen molar-refractivity contribution >= 4 is 27.5 Å². The monoisotopic (exact) mass is 292 g/mol. The van der Waals surface area contributed by atoms with Gasteiger partial charge in [-0.05, 0) is 30.7 Å². The fourth-order valence-electron chi connectivity index (χ4n) is 1.25. The van der Waals surface area contributed by atoms with E-state index in [1.807, 2.05) is 25.1 Å². The zero-order valence-corrected chi connectivity index (χ0v) is 10.8. The minimum atomic E-state index is -0.0417. The molecular formula is C10H14BrClN2O. The van der Waals surface area contributed by atoms with Gasteiger partial charge < -0.3 is 4.74 Å². The Labute approximate surface area is 103 Å². The normalized spacial score (nSPS) is 12.8. The highest BCUT2D eigenvalue weighted by Gasteiger charge is 2.10. The van der Waals surface area contributed by atoms with Crippen LogP contribution in [0.1, 0.15) is 18.5 Å². The van der Waals surface area contributed by atoms with E-state index in [2.05, 4.69) is 21.4 Å². The predicted octanol–water partition coefficient (Wildman–Crippen LogP) is 2.64. The van der Waals surface area contributed by atoms with Crippen molar-refractivity contribution in [2.45, 2.75) is 13.0 Å². The number of ether oxygens (including phenoxy) is 1. The second-order valence-corrected chi connectivity index (χ2v) is 4.43. The van der Waals surface area contributed by atoms with E-state index < -0.39 is 0 Å². The van der Waals surface area contributed by atoms with Crippen LogP contribution in [-0.4, -0.2) is 13.2 Å². The highest BCUT2D eigenvalue weighted by atomic mass is 79.9. The molecule has 0 saturated heterocycles. The molecule has 0 fully saturated rings. The maximum absolute atomic E-state index is 5.95. The van der Waals surface area contributed by atoms with Gasteiger partial charge in [-0.15, -0.1) is 0 Å². The highest BCUT2D eigenvalue weighted by molar-refractivity contribution is 9.10. The van der Waals surface area contributed by atoms with Crippen LogP contribution in [0.3, 0.4) is 0 Å². The molecule has 0 spiro atoms. The Kier molecular flexibility index (Phi) is 5.56. The molecule has 1 aromatic carbocycles. The number of halogens is 2. The molecule has 0 aliphatic carbocycles. The fraction of sp³-hybridized carbons (Fsp3) is 0.400. The van der Waals surface area contributed by atoms with E-state index >= 15 is 0 Å². The second kappa shape index (κ2) is 6.45. The lowest BCUT2D eigenvalue weighted by atomic mass is 10.1. The zero-order valence-electron chi connectivity index (χ0n) is 8.47. The van der Waals surface area contributed by atoms with Crippen molar-refractivity contribution in [1.29, 1.82) is 0 Å². The Hall–Kier alpha value is -0.130. The topological polar surface area (TPSA) is 47.3 Å². The molecule has 3 nitrogen and oxygen atoms in total. The van der Waals surface area contributed by atoms with Crippen molar-refractivity contribution in [3.05, 3.63) is 33.3 Å².